The lowest BCUT2D eigenvalue weighted by Gasteiger charge is -2.44. The molecule has 2 atom stereocenters. The molecule has 98 valence electrons. The van der Waals surface area contributed by atoms with E-state index in [1.807, 2.05) is 18.7 Å². The number of halogens is 1. The van der Waals surface area contributed by atoms with Crippen LogP contribution in [0.1, 0.15) is 43.2 Å². The highest BCUT2D eigenvalue weighted by Crippen LogP contribution is 2.49. The van der Waals surface area contributed by atoms with E-state index >= 15 is 0 Å². The number of fused-ring (bicyclic) bond motifs is 2. The Balaban J connectivity index is 1.94. The summed E-state index contributed by atoms with van der Waals surface area (Å²) in [6, 6.07) is 4.78. The predicted molar refractivity (Wildman–Crippen MR) is 73.3 cm³/mol. The Morgan fingerprint density at radius 2 is 1.94 bits per heavy atom. The van der Waals surface area contributed by atoms with Crippen molar-refractivity contribution in [2.75, 3.05) is 0 Å². The Bertz CT molecular complexity index is 448. The van der Waals surface area contributed by atoms with Crippen molar-refractivity contribution < 1.29 is 9.50 Å². The summed E-state index contributed by atoms with van der Waals surface area (Å²) in [5.41, 5.74) is 1.07. The van der Waals surface area contributed by atoms with E-state index in [0.717, 1.165) is 24.0 Å². The van der Waals surface area contributed by atoms with E-state index in [4.69, 9.17) is 0 Å². The van der Waals surface area contributed by atoms with Crippen LogP contribution in [0.4, 0.5) is 4.39 Å². The zero-order chi connectivity index (χ0) is 12.8. The van der Waals surface area contributed by atoms with Gasteiger partial charge in [0.25, 0.3) is 0 Å². The highest BCUT2D eigenvalue weighted by Gasteiger charge is 2.43. The van der Waals surface area contributed by atoms with Gasteiger partial charge in [-0.15, -0.1) is 0 Å². The molecule has 2 unspecified atom stereocenters. The first-order valence-corrected chi connectivity index (χ1v) is 7.65. The Hall–Kier alpha value is -0.540. The van der Waals surface area contributed by atoms with Gasteiger partial charge in [0.2, 0.25) is 0 Å². The Kier molecular flexibility index (Phi) is 3.15. The number of hydrogen-bond acceptors (Lipinski definition) is 2. The van der Waals surface area contributed by atoms with Crippen LogP contribution in [-0.2, 0) is 5.60 Å². The molecule has 0 aromatic heterocycles. The molecule has 2 aliphatic rings. The van der Waals surface area contributed by atoms with Crippen LogP contribution >= 0.6 is 11.8 Å². The zero-order valence-electron chi connectivity index (χ0n) is 10.7. The summed E-state index contributed by atoms with van der Waals surface area (Å²) in [5, 5.41) is 12.1. The van der Waals surface area contributed by atoms with E-state index in [-0.39, 0.29) is 5.82 Å². The molecule has 0 saturated carbocycles. The first kappa shape index (κ1) is 12.5. The minimum absolute atomic E-state index is 0.217. The lowest BCUT2D eigenvalue weighted by Crippen LogP contribution is -2.41. The van der Waals surface area contributed by atoms with E-state index in [2.05, 4.69) is 0 Å². The van der Waals surface area contributed by atoms with Gasteiger partial charge in [-0.3, -0.25) is 0 Å². The molecule has 3 rings (SSSR count). The summed E-state index contributed by atoms with van der Waals surface area (Å²) in [5.74, 6) is -0.217. The van der Waals surface area contributed by atoms with E-state index in [1.54, 1.807) is 6.07 Å². The van der Waals surface area contributed by atoms with Gasteiger partial charge in [0.05, 0.1) is 5.60 Å². The maximum absolute atomic E-state index is 13.2. The molecule has 1 nitrogen and oxygen atoms in total. The summed E-state index contributed by atoms with van der Waals surface area (Å²) < 4.78 is 13.2. The monoisotopic (exact) mass is 266 g/mol. The van der Waals surface area contributed by atoms with Crippen molar-refractivity contribution >= 4 is 11.8 Å². The minimum Gasteiger partial charge on any atom is -0.385 e. The van der Waals surface area contributed by atoms with Crippen LogP contribution in [0.5, 0.6) is 0 Å². The number of benzene rings is 1. The molecular weight excluding hydrogens is 247 g/mol. The van der Waals surface area contributed by atoms with Gasteiger partial charge in [-0.25, -0.2) is 4.39 Å². The molecule has 1 aromatic carbocycles. The van der Waals surface area contributed by atoms with Gasteiger partial charge in [-0.05, 0) is 55.9 Å². The molecule has 2 saturated heterocycles. The second-order valence-electron chi connectivity index (χ2n) is 5.71. The van der Waals surface area contributed by atoms with Crippen molar-refractivity contribution in [2.24, 2.45) is 0 Å². The molecule has 0 radical (unpaired) electrons. The fourth-order valence-electron chi connectivity index (χ4n) is 3.49. The summed E-state index contributed by atoms with van der Waals surface area (Å²) in [6.45, 7) is 1.90. The number of hydrogen-bond donors (Lipinski definition) is 1. The van der Waals surface area contributed by atoms with Crippen LogP contribution in [0.15, 0.2) is 18.2 Å². The second kappa shape index (κ2) is 4.53. The normalized spacial score (nSPS) is 35.5. The largest absolute Gasteiger partial charge is 0.385 e. The third-order valence-corrected chi connectivity index (χ3v) is 5.83. The third kappa shape index (κ3) is 2.19. The first-order chi connectivity index (χ1) is 8.57. The molecule has 1 N–H and O–H groups in total. The van der Waals surface area contributed by atoms with Gasteiger partial charge in [0.1, 0.15) is 5.82 Å². The molecule has 0 amide bonds. The van der Waals surface area contributed by atoms with Crippen molar-refractivity contribution in [3.8, 4) is 0 Å². The van der Waals surface area contributed by atoms with E-state index in [9.17, 15) is 9.50 Å². The standard InChI is InChI=1S/C15H19FOS/c1-10-7-11(16)5-6-14(10)15(17)8-12-3-2-4-13(9-15)18-12/h5-7,12-13,17H,2-4,8-9H2,1H3. The van der Waals surface area contributed by atoms with Crippen LogP contribution in [0, 0.1) is 12.7 Å². The maximum Gasteiger partial charge on any atom is 0.123 e. The van der Waals surface area contributed by atoms with Crippen molar-refractivity contribution in [1.29, 1.82) is 0 Å². The lowest BCUT2D eigenvalue weighted by molar-refractivity contribution is 0.00752. The average molecular weight is 266 g/mol. The molecule has 2 heterocycles. The van der Waals surface area contributed by atoms with Crippen molar-refractivity contribution in [3.05, 3.63) is 35.1 Å². The van der Waals surface area contributed by atoms with E-state index in [0.29, 0.717) is 10.5 Å². The molecule has 2 bridgehead atoms. The van der Waals surface area contributed by atoms with Crippen LogP contribution in [0.2, 0.25) is 0 Å². The fourth-order valence-corrected chi connectivity index (χ4v) is 5.38. The van der Waals surface area contributed by atoms with Crippen LogP contribution in [0.3, 0.4) is 0 Å². The SMILES string of the molecule is Cc1cc(F)ccc1C1(O)CC2CCCC(C1)S2. The van der Waals surface area contributed by atoms with Crippen molar-refractivity contribution in [3.63, 3.8) is 0 Å². The fraction of sp³-hybridized carbons (Fsp3) is 0.600. The van der Waals surface area contributed by atoms with Crippen molar-refractivity contribution in [1.82, 2.24) is 0 Å². The number of aryl methyl sites for hydroxylation is 1. The maximum atomic E-state index is 13.2. The van der Waals surface area contributed by atoms with Crippen LogP contribution in [0.25, 0.3) is 0 Å². The lowest BCUT2D eigenvalue weighted by atomic mass is 9.79. The number of thioether (sulfide) groups is 1. The quantitative estimate of drug-likeness (QED) is 0.835. The molecule has 0 aliphatic carbocycles. The Morgan fingerprint density at radius 1 is 1.28 bits per heavy atom. The average Bonchev–Trinajstić information content (AvgIpc) is 2.27. The Labute approximate surface area is 112 Å². The smallest absolute Gasteiger partial charge is 0.123 e. The zero-order valence-corrected chi connectivity index (χ0v) is 11.5. The predicted octanol–water partition coefficient (Wildman–Crippen LogP) is 3.77. The highest BCUT2D eigenvalue weighted by molar-refractivity contribution is 8.00. The first-order valence-electron chi connectivity index (χ1n) is 6.71. The third-order valence-electron chi connectivity index (χ3n) is 4.26. The van der Waals surface area contributed by atoms with Gasteiger partial charge in [-0.2, -0.15) is 11.8 Å². The van der Waals surface area contributed by atoms with Crippen LogP contribution < -0.4 is 0 Å². The second-order valence-corrected chi connectivity index (χ2v) is 7.32. The molecule has 2 aliphatic heterocycles. The summed E-state index contributed by atoms with van der Waals surface area (Å²) in [6.07, 6.45) is 5.36. The molecule has 3 heteroatoms. The van der Waals surface area contributed by atoms with Gasteiger partial charge in [-0.1, -0.05) is 12.5 Å². The summed E-state index contributed by atoms with van der Waals surface area (Å²) in [4.78, 5) is 0. The Morgan fingerprint density at radius 3 is 2.56 bits per heavy atom. The molecule has 2 fully saturated rings. The molecule has 1 aromatic rings. The van der Waals surface area contributed by atoms with Gasteiger partial charge in [0, 0.05) is 10.5 Å². The highest BCUT2D eigenvalue weighted by atomic mass is 32.2. The van der Waals surface area contributed by atoms with E-state index in [1.165, 1.54) is 31.4 Å². The summed E-state index contributed by atoms with van der Waals surface area (Å²) in [7, 11) is 0. The van der Waals surface area contributed by atoms with Gasteiger partial charge < -0.3 is 5.11 Å². The summed E-state index contributed by atoms with van der Waals surface area (Å²) >= 11 is 2.05. The molecule has 18 heavy (non-hydrogen) atoms. The number of rotatable bonds is 1. The van der Waals surface area contributed by atoms with Crippen molar-refractivity contribution in [2.45, 2.75) is 55.1 Å². The molecular formula is C15H19FOS. The van der Waals surface area contributed by atoms with Gasteiger partial charge in [0.15, 0.2) is 0 Å². The van der Waals surface area contributed by atoms with E-state index < -0.39 is 5.60 Å². The number of aliphatic hydroxyl groups is 1. The van der Waals surface area contributed by atoms with Crippen LogP contribution in [-0.4, -0.2) is 15.6 Å². The molecule has 0 spiro atoms. The minimum atomic E-state index is -0.737. The topological polar surface area (TPSA) is 20.2 Å². The van der Waals surface area contributed by atoms with Gasteiger partial charge >= 0.3 is 0 Å².